The van der Waals surface area contributed by atoms with Gasteiger partial charge in [0.1, 0.15) is 23.6 Å². The van der Waals surface area contributed by atoms with Crippen LogP contribution in [0.5, 0.6) is 0 Å². The summed E-state index contributed by atoms with van der Waals surface area (Å²) in [5.74, 6) is -0.560. The Morgan fingerprint density at radius 2 is 2.09 bits per heavy atom. The molecule has 1 amide bonds. The van der Waals surface area contributed by atoms with Gasteiger partial charge in [-0.2, -0.15) is 5.10 Å². The van der Waals surface area contributed by atoms with Gasteiger partial charge in [0.25, 0.3) is 12.3 Å². The van der Waals surface area contributed by atoms with Crippen LogP contribution in [0.2, 0.25) is 0 Å². The Kier molecular flexibility index (Phi) is 6.49. The summed E-state index contributed by atoms with van der Waals surface area (Å²) in [6.07, 6.45) is 2.89. The van der Waals surface area contributed by atoms with E-state index in [1.54, 1.807) is 29.1 Å². The molecule has 1 aromatic carbocycles. The molecule has 4 aliphatic rings. The van der Waals surface area contributed by atoms with Crippen molar-refractivity contribution in [3.63, 3.8) is 0 Å². The van der Waals surface area contributed by atoms with Gasteiger partial charge < -0.3 is 19.7 Å². The van der Waals surface area contributed by atoms with E-state index < -0.39 is 28.6 Å². The monoisotopic (exact) mass is 507 g/mol. The summed E-state index contributed by atoms with van der Waals surface area (Å²) in [6.45, 7) is 2.56. The van der Waals surface area contributed by atoms with Crippen LogP contribution in [-0.2, 0) is 20.8 Å². The Balaban J connectivity index is 1.46. The highest BCUT2D eigenvalue weighted by atomic mass is 32.2. The predicted octanol–water partition coefficient (Wildman–Crippen LogP) is 3.00. The number of benzene rings is 1. The van der Waals surface area contributed by atoms with Crippen LogP contribution in [0.1, 0.15) is 24.0 Å². The third-order valence-corrected chi connectivity index (χ3v) is 7.60. The van der Waals surface area contributed by atoms with Crippen molar-refractivity contribution in [2.24, 2.45) is 10.1 Å². The first kappa shape index (κ1) is 23.7. The van der Waals surface area contributed by atoms with E-state index in [1.165, 1.54) is 12.1 Å². The van der Waals surface area contributed by atoms with Gasteiger partial charge in [0.05, 0.1) is 31.0 Å². The topological polar surface area (TPSA) is 78.8 Å². The largest absolute Gasteiger partial charge is 0.499 e. The van der Waals surface area contributed by atoms with Gasteiger partial charge in [-0.25, -0.2) is 23.2 Å². The number of nitrogens with one attached hydrogen (secondary N) is 1. The molecule has 186 valence electrons. The number of carbonyl (C=O) groups excluding carboxylic acids is 1. The summed E-state index contributed by atoms with van der Waals surface area (Å²) in [4.78, 5) is 19.5. The molecule has 0 saturated carbocycles. The Morgan fingerprint density at radius 1 is 1.29 bits per heavy atom. The number of amidine groups is 2. The van der Waals surface area contributed by atoms with Crippen LogP contribution in [0, 0.1) is 5.82 Å². The van der Waals surface area contributed by atoms with Crippen molar-refractivity contribution in [2.75, 3.05) is 39.2 Å². The molecule has 0 spiro atoms. The number of aliphatic imine (C=N–C) groups is 1. The molecule has 0 aromatic heterocycles. The van der Waals surface area contributed by atoms with Gasteiger partial charge in [-0.05, 0) is 12.3 Å². The van der Waals surface area contributed by atoms with Crippen molar-refractivity contribution in [1.29, 1.82) is 0 Å². The van der Waals surface area contributed by atoms with Crippen LogP contribution in [0.3, 0.4) is 0 Å². The lowest BCUT2D eigenvalue weighted by Gasteiger charge is -2.40. The standard InChI is InChI=1S/C23H24F3N5O3S/c1-35-23-5-8-34-13-17(23)28-21-16(11-18(29-31(21)23)30-6-9-33-10-7-30)22(32)27-12-14-3-2-4-15(19(14)24)20(25)26/h2-4,11,13,20H,5-10,12H2,1H3,(H,27,32)/t23-/m1/s1. The summed E-state index contributed by atoms with van der Waals surface area (Å²) in [5, 5.41) is 9.30. The second-order valence-corrected chi connectivity index (χ2v) is 9.36. The average Bonchev–Trinajstić information content (AvgIpc) is 3.22. The maximum atomic E-state index is 14.5. The summed E-state index contributed by atoms with van der Waals surface area (Å²) in [5.41, 5.74) is 0.202. The van der Waals surface area contributed by atoms with Crippen molar-refractivity contribution < 1.29 is 27.4 Å². The molecule has 5 rings (SSSR count). The molecule has 8 nitrogen and oxygen atoms in total. The van der Waals surface area contributed by atoms with Crippen LogP contribution in [0.15, 0.2) is 51.9 Å². The molecule has 1 aromatic rings. The number of carbonyl (C=O) groups is 1. The second-order valence-electron chi connectivity index (χ2n) is 8.28. The Morgan fingerprint density at radius 3 is 2.83 bits per heavy atom. The number of thioether (sulfide) groups is 1. The number of fused-ring (bicyclic) bond motifs is 3. The van der Waals surface area contributed by atoms with Crippen molar-refractivity contribution in [1.82, 2.24) is 15.2 Å². The number of hydrogen-bond donors (Lipinski definition) is 1. The third-order valence-electron chi connectivity index (χ3n) is 6.34. The van der Waals surface area contributed by atoms with Crippen molar-refractivity contribution in [3.8, 4) is 0 Å². The van der Waals surface area contributed by atoms with Crippen LogP contribution in [0.25, 0.3) is 0 Å². The zero-order chi connectivity index (χ0) is 24.6. The fourth-order valence-electron chi connectivity index (χ4n) is 4.43. The van der Waals surface area contributed by atoms with Crippen molar-refractivity contribution >= 4 is 29.3 Å². The first-order valence-electron chi connectivity index (χ1n) is 11.2. The zero-order valence-electron chi connectivity index (χ0n) is 19.0. The molecule has 12 heteroatoms. The van der Waals surface area contributed by atoms with Crippen LogP contribution in [-0.4, -0.2) is 71.5 Å². The van der Waals surface area contributed by atoms with Crippen LogP contribution >= 0.6 is 11.8 Å². The minimum atomic E-state index is -2.94. The van der Waals surface area contributed by atoms with E-state index in [-0.39, 0.29) is 17.7 Å². The minimum Gasteiger partial charge on any atom is -0.499 e. The maximum absolute atomic E-state index is 14.5. The number of hydrazone groups is 1. The first-order chi connectivity index (χ1) is 16.9. The Bertz CT molecular complexity index is 1150. The minimum absolute atomic E-state index is 0.0230. The van der Waals surface area contributed by atoms with Crippen LogP contribution in [0.4, 0.5) is 13.2 Å². The van der Waals surface area contributed by atoms with Gasteiger partial charge >= 0.3 is 0 Å². The molecule has 0 unspecified atom stereocenters. The number of alkyl halides is 2. The molecule has 0 bridgehead atoms. The van der Waals surface area contributed by atoms with E-state index in [4.69, 9.17) is 14.6 Å². The molecule has 4 aliphatic heterocycles. The van der Waals surface area contributed by atoms with Gasteiger partial charge in [0.15, 0.2) is 10.7 Å². The summed E-state index contributed by atoms with van der Waals surface area (Å²) in [6, 6.07) is 3.75. The third kappa shape index (κ3) is 4.18. The molecule has 4 heterocycles. The Labute approximate surface area is 204 Å². The molecule has 1 saturated heterocycles. The maximum Gasteiger partial charge on any atom is 0.266 e. The molecule has 1 fully saturated rings. The molecule has 0 aliphatic carbocycles. The first-order valence-corrected chi connectivity index (χ1v) is 12.4. The Hall–Kier alpha value is -2.99. The van der Waals surface area contributed by atoms with Gasteiger partial charge in [0.2, 0.25) is 0 Å². The smallest absolute Gasteiger partial charge is 0.266 e. The number of hydrogen-bond acceptors (Lipinski definition) is 8. The second kappa shape index (κ2) is 9.57. The SMILES string of the molecule is CS[C@]12CCOC=C1N=C1C(C(=O)NCc3cccc(C(F)F)c3F)=CC(N3CCOCC3)=NN12. The zero-order valence-corrected chi connectivity index (χ0v) is 19.8. The van der Waals surface area contributed by atoms with Crippen molar-refractivity contribution in [2.45, 2.75) is 24.3 Å². The predicted molar refractivity (Wildman–Crippen MR) is 125 cm³/mol. The van der Waals surface area contributed by atoms with E-state index in [0.717, 1.165) is 6.07 Å². The summed E-state index contributed by atoms with van der Waals surface area (Å²) < 4.78 is 51.6. The lowest BCUT2D eigenvalue weighted by Crippen LogP contribution is -2.51. The normalized spacial score (nSPS) is 23.6. The lowest BCUT2D eigenvalue weighted by atomic mass is 10.1. The van der Waals surface area contributed by atoms with E-state index in [2.05, 4.69) is 10.3 Å². The highest BCUT2D eigenvalue weighted by Gasteiger charge is 2.52. The van der Waals surface area contributed by atoms with Gasteiger partial charge in [-0.3, -0.25) is 4.79 Å². The molecule has 35 heavy (non-hydrogen) atoms. The van der Waals surface area contributed by atoms with E-state index in [0.29, 0.717) is 56.7 Å². The number of ether oxygens (including phenoxy) is 2. The van der Waals surface area contributed by atoms with Gasteiger partial charge in [-0.15, -0.1) is 11.8 Å². The average molecular weight is 508 g/mol. The fraction of sp³-hybridized carbons (Fsp3) is 0.435. The molecular weight excluding hydrogens is 483 g/mol. The van der Waals surface area contributed by atoms with E-state index in [1.807, 2.05) is 11.2 Å². The highest BCUT2D eigenvalue weighted by Crippen LogP contribution is 2.47. The molecular formula is C23H24F3N5O3S. The van der Waals surface area contributed by atoms with E-state index in [9.17, 15) is 18.0 Å². The van der Waals surface area contributed by atoms with Gasteiger partial charge in [0, 0.05) is 31.6 Å². The van der Waals surface area contributed by atoms with Crippen molar-refractivity contribution in [3.05, 3.63) is 58.8 Å². The highest BCUT2D eigenvalue weighted by molar-refractivity contribution is 8.00. The van der Waals surface area contributed by atoms with E-state index >= 15 is 0 Å². The quantitative estimate of drug-likeness (QED) is 0.660. The molecule has 0 radical (unpaired) electrons. The molecule has 1 N–H and O–H groups in total. The molecule has 1 atom stereocenters. The number of halogens is 3. The summed E-state index contributed by atoms with van der Waals surface area (Å²) >= 11 is 1.56. The number of amides is 1. The number of rotatable bonds is 5. The lowest BCUT2D eigenvalue weighted by molar-refractivity contribution is -0.117. The van der Waals surface area contributed by atoms with Crippen LogP contribution < -0.4 is 5.32 Å². The summed E-state index contributed by atoms with van der Waals surface area (Å²) in [7, 11) is 0. The fourth-order valence-corrected chi connectivity index (χ4v) is 5.32. The number of nitrogens with zero attached hydrogens (tertiary/aromatic N) is 4. The number of morpholine rings is 1. The van der Waals surface area contributed by atoms with Gasteiger partial charge in [-0.1, -0.05) is 18.2 Å².